The highest BCUT2D eigenvalue weighted by molar-refractivity contribution is 7.13. The van der Waals surface area contributed by atoms with Crippen LogP contribution in [0.1, 0.15) is 44.1 Å². The van der Waals surface area contributed by atoms with Crippen LogP contribution in [0.15, 0.2) is 39.0 Å². The lowest BCUT2D eigenvalue weighted by molar-refractivity contribution is 0.0598. The first-order chi connectivity index (χ1) is 14.0. The Bertz CT molecular complexity index is 954. The zero-order valence-electron chi connectivity index (χ0n) is 16.9. The molecule has 1 aliphatic rings. The topological polar surface area (TPSA) is 88.1 Å². The van der Waals surface area contributed by atoms with Crippen LogP contribution in [0.25, 0.3) is 16.3 Å². The third-order valence-electron chi connectivity index (χ3n) is 4.61. The fraction of sp³-hybridized carbons (Fsp3) is 0.400. The number of thiazole rings is 1. The summed E-state index contributed by atoms with van der Waals surface area (Å²) in [6.07, 6.45) is 10.2. The quantitative estimate of drug-likeness (QED) is 0.515. The predicted molar refractivity (Wildman–Crippen MR) is 119 cm³/mol. The Morgan fingerprint density at radius 1 is 1.48 bits per heavy atom. The van der Waals surface area contributed by atoms with Gasteiger partial charge < -0.3 is 4.90 Å². The average Bonchev–Trinajstić information content (AvgIpc) is 3.38. The SMILES string of the molecule is C=NC=N/C=C(\C)n1cc(-c2nc(C(=O)N(C(C)C)C3CC=NCC3)cs2)cn1. The highest BCUT2D eigenvalue weighted by Gasteiger charge is 2.29. The molecule has 1 amide bonds. The summed E-state index contributed by atoms with van der Waals surface area (Å²) in [4.78, 5) is 31.5. The Morgan fingerprint density at radius 3 is 3.00 bits per heavy atom. The van der Waals surface area contributed by atoms with Gasteiger partial charge in [-0.05, 0) is 33.9 Å². The molecule has 152 valence electrons. The molecule has 0 radical (unpaired) electrons. The second kappa shape index (κ2) is 9.51. The van der Waals surface area contributed by atoms with Gasteiger partial charge in [0.2, 0.25) is 0 Å². The number of hydrogen-bond acceptors (Lipinski definition) is 6. The molecule has 2 aromatic heterocycles. The van der Waals surface area contributed by atoms with Crippen molar-refractivity contribution in [1.29, 1.82) is 0 Å². The number of amides is 1. The predicted octanol–water partition coefficient (Wildman–Crippen LogP) is 3.64. The molecule has 3 rings (SSSR count). The van der Waals surface area contributed by atoms with Crippen LogP contribution in [0.5, 0.6) is 0 Å². The normalized spacial score (nSPS) is 17.2. The molecule has 0 bridgehead atoms. The van der Waals surface area contributed by atoms with Crippen molar-refractivity contribution < 1.29 is 4.79 Å². The summed E-state index contributed by atoms with van der Waals surface area (Å²) in [6, 6.07) is 0.275. The van der Waals surface area contributed by atoms with E-state index in [2.05, 4.69) is 31.8 Å². The maximum Gasteiger partial charge on any atom is 0.273 e. The minimum Gasteiger partial charge on any atom is -0.331 e. The van der Waals surface area contributed by atoms with Crippen LogP contribution < -0.4 is 0 Å². The maximum absolute atomic E-state index is 13.2. The summed E-state index contributed by atoms with van der Waals surface area (Å²) < 4.78 is 1.71. The van der Waals surface area contributed by atoms with E-state index in [-0.39, 0.29) is 18.0 Å². The third kappa shape index (κ3) is 4.92. The molecule has 9 heteroatoms. The van der Waals surface area contributed by atoms with Gasteiger partial charge in [0, 0.05) is 54.6 Å². The lowest BCUT2D eigenvalue weighted by Crippen LogP contribution is -2.46. The first-order valence-electron chi connectivity index (χ1n) is 9.47. The van der Waals surface area contributed by atoms with E-state index in [0.717, 1.165) is 35.7 Å². The van der Waals surface area contributed by atoms with Gasteiger partial charge in [0.25, 0.3) is 5.91 Å². The minimum atomic E-state index is -0.0301. The molecule has 0 saturated heterocycles. The first-order valence-corrected chi connectivity index (χ1v) is 10.4. The van der Waals surface area contributed by atoms with Crippen molar-refractivity contribution in [2.75, 3.05) is 6.54 Å². The van der Waals surface area contributed by atoms with Crippen molar-refractivity contribution in [2.45, 2.75) is 45.7 Å². The van der Waals surface area contributed by atoms with E-state index >= 15 is 0 Å². The van der Waals surface area contributed by atoms with Gasteiger partial charge >= 0.3 is 0 Å². The monoisotopic (exact) mass is 411 g/mol. The minimum absolute atomic E-state index is 0.0301. The Balaban J connectivity index is 1.78. The van der Waals surface area contributed by atoms with Crippen LogP contribution >= 0.6 is 11.3 Å². The molecule has 0 fully saturated rings. The Hall–Kier alpha value is -2.94. The third-order valence-corrected chi connectivity index (χ3v) is 5.50. The molecule has 0 aromatic carbocycles. The van der Waals surface area contributed by atoms with Gasteiger partial charge in [0.1, 0.15) is 17.0 Å². The molecule has 2 aromatic rings. The molecular weight excluding hydrogens is 386 g/mol. The largest absolute Gasteiger partial charge is 0.331 e. The Kier molecular flexibility index (Phi) is 6.82. The van der Waals surface area contributed by atoms with E-state index in [1.807, 2.05) is 43.5 Å². The number of hydrogen-bond donors (Lipinski definition) is 0. The molecule has 1 aliphatic heterocycles. The van der Waals surface area contributed by atoms with Crippen molar-refractivity contribution in [3.8, 4) is 10.6 Å². The van der Waals surface area contributed by atoms with E-state index in [1.165, 1.54) is 17.7 Å². The molecule has 8 nitrogen and oxygen atoms in total. The van der Waals surface area contributed by atoms with Gasteiger partial charge in [-0.2, -0.15) is 5.10 Å². The van der Waals surface area contributed by atoms with E-state index in [1.54, 1.807) is 17.1 Å². The maximum atomic E-state index is 13.2. The van der Waals surface area contributed by atoms with Gasteiger partial charge in [-0.25, -0.2) is 14.7 Å². The summed E-state index contributed by atoms with van der Waals surface area (Å²) in [5.74, 6) is -0.0301. The smallest absolute Gasteiger partial charge is 0.273 e. The van der Waals surface area contributed by atoms with Crippen molar-refractivity contribution >= 4 is 42.2 Å². The molecule has 0 spiro atoms. The number of nitrogens with zero attached hydrogens (tertiary/aromatic N) is 7. The molecule has 0 N–H and O–H groups in total. The van der Waals surface area contributed by atoms with E-state index in [0.29, 0.717) is 5.69 Å². The second-order valence-electron chi connectivity index (χ2n) is 7.00. The van der Waals surface area contributed by atoms with Gasteiger partial charge in [-0.1, -0.05) is 0 Å². The van der Waals surface area contributed by atoms with Crippen LogP contribution in [0.3, 0.4) is 0 Å². The van der Waals surface area contributed by atoms with E-state index in [4.69, 9.17) is 0 Å². The van der Waals surface area contributed by atoms with Crippen molar-refractivity contribution in [3.05, 3.63) is 29.7 Å². The summed E-state index contributed by atoms with van der Waals surface area (Å²) in [7, 11) is 0. The number of allylic oxidation sites excluding steroid dienone is 1. The van der Waals surface area contributed by atoms with Gasteiger partial charge in [-0.15, -0.1) is 11.3 Å². The number of aromatic nitrogens is 3. The van der Waals surface area contributed by atoms with E-state index in [9.17, 15) is 4.79 Å². The van der Waals surface area contributed by atoms with Crippen molar-refractivity contribution in [1.82, 2.24) is 19.7 Å². The first kappa shape index (κ1) is 20.8. The fourth-order valence-electron chi connectivity index (χ4n) is 3.21. The van der Waals surface area contributed by atoms with Gasteiger partial charge in [0.05, 0.1) is 11.9 Å². The zero-order chi connectivity index (χ0) is 20.8. The van der Waals surface area contributed by atoms with Crippen LogP contribution in [-0.4, -0.2) is 63.5 Å². The molecule has 0 saturated carbocycles. The summed E-state index contributed by atoms with van der Waals surface area (Å²) in [5, 5.41) is 6.93. The van der Waals surface area contributed by atoms with Crippen LogP contribution in [0.2, 0.25) is 0 Å². The molecule has 1 atom stereocenters. The molecular formula is C20H25N7OS. The number of carbonyl (C=O) groups is 1. The number of carbonyl (C=O) groups excluding carboxylic acids is 1. The number of aliphatic imine (C=N–C) groups is 3. The zero-order valence-corrected chi connectivity index (χ0v) is 17.7. The summed E-state index contributed by atoms with van der Waals surface area (Å²) >= 11 is 1.44. The highest BCUT2D eigenvalue weighted by Crippen LogP contribution is 2.26. The molecule has 0 aliphatic carbocycles. The Labute approximate surface area is 174 Å². The average molecular weight is 412 g/mol. The van der Waals surface area contributed by atoms with Gasteiger partial charge in [-0.3, -0.25) is 14.8 Å². The van der Waals surface area contributed by atoms with Gasteiger partial charge in [0.15, 0.2) is 0 Å². The molecule has 3 heterocycles. The number of rotatable bonds is 7. The second-order valence-corrected chi connectivity index (χ2v) is 7.86. The molecule has 29 heavy (non-hydrogen) atoms. The highest BCUT2D eigenvalue weighted by atomic mass is 32.1. The van der Waals surface area contributed by atoms with E-state index < -0.39 is 0 Å². The van der Waals surface area contributed by atoms with Crippen molar-refractivity contribution in [2.24, 2.45) is 15.0 Å². The lowest BCUT2D eigenvalue weighted by atomic mass is 10.0. The Morgan fingerprint density at radius 2 is 2.31 bits per heavy atom. The van der Waals surface area contributed by atoms with Crippen molar-refractivity contribution in [3.63, 3.8) is 0 Å². The summed E-state index contributed by atoms with van der Waals surface area (Å²) in [5.41, 5.74) is 2.16. The summed E-state index contributed by atoms with van der Waals surface area (Å²) in [6.45, 7) is 10.1. The van der Waals surface area contributed by atoms with Crippen LogP contribution in [-0.2, 0) is 0 Å². The molecule has 1 unspecified atom stereocenters. The van der Waals surface area contributed by atoms with Crippen LogP contribution in [0, 0.1) is 0 Å². The lowest BCUT2D eigenvalue weighted by Gasteiger charge is -2.35. The van der Waals surface area contributed by atoms with Crippen LogP contribution in [0.4, 0.5) is 0 Å². The standard InChI is InChI=1S/C20H25N7OS/c1-14(2)27(17-5-7-22-8-6-17)20(28)18-12-29-19(25-18)16-10-24-26(11-16)15(3)9-23-13-21-4/h7,9-14,17H,4-6,8H2,1-3H3/b15-9+,23-13?. The fourth-order valence-corrected chi connectivity index (χ4v) is 3.98.